The predicted molar refractivity (Wildman–Crippen MR) is 81.8 cm³/mol. The molecule has 0 saturated carbocycles. The molecule has 0 bridgehead atoms. The highest BCUT2D eigenvalue weighted by atomic mass is 19.3. The van der Waals surface area contributed by atoms with Crippen LogP contribution in [0.4, 0.5) is 20.3 Å². The van der Waals surface area contributed by atoms with Crippen molar-refractivity contribution in [1.29, 1.82) is 0 Å². The van der Waals surface area contributed by atoms with Gasteiger partial charge in [0, 0.05) is 24.6 Å². The molecule has 0 fully saturated rings. The van der Waals surface area contributed by atoms with Crippen molar-refractivity contribution in [2.75, 3.05) is 17.2 Å². The highest BCUT2D eigenvalue weighted by Crippen LogP contribution is 2.32. The summed E-state index contributed by atoms with van der Waals surface area (Å²) in [6.45, 7) is -2.35. The maximum absolute atomic E-state index is 12.1. The molecule has 1 aromatic heterocycles. The standard InChI is InChI=1S/C16H15F2N3O2/c17-16(18)23-11-5-6-14(20-9-11)19-8-10-7-15(22)21-13-4-2-1-3-12(10)13/h1-6,9-10,16H,7-8H2,(H,19,20)(H,21,22)/t10-/m1/s1. The quantitative estimate of drug-likeness (QED) is 0.888. The van der Waals surface area contributed by atoms with E-state index >= 15 is 0 Å². The first-order chi connectivity index (χ1) is 11.1. The van der Waals surface area contributed by atoms with Crippen LogP contribution in [0.3, 0.4) is 0 Å². The van der Waals surface area contributed by atoms with Crippen LogP contribution in [0.1, 0.15) is 17.9 Å². The third kappa shape index (κ3) is 3.74. The Balaban J connectivity index is 1.65. The normalized spacial score (nSPS) is 16.7. The summed E-state index contributed by atoms with van der Waals surface area (Å²) in [4.78, 5) is 15.8. The molecular weight excluding hydrogens is 304 g/mol. The van der Waals surface area contributed by atoms with E-state index < -0.39 is 6.61 Å². The minimum atomic E-state index is -2.87. The largest absolute Gasteiger partial charge is 0.433 e. The molecule has 0 radical (unpaired) electrons. The Kier molecular flexibility index (Phi) is 4.36. The third-order valence-corrected chi connectivity index (χ3v) is 3.60. The monoisotopic (exact) mass is 319 g/mol. The number of pyridine rings is 1. The lowest BCUT2D eigenvalue weighted by Gasteiger charge is -2.25. The number of anilines is 2. The zero-order valence-corrected chi connectivity index (χ0v) is 12.1. The van der Waals surface area contributed by atoms with Gasteiger partial charge in [0.25, 0.3) is 0 Å². The van der Waals surface area contributed by atoms with Gasteiger partial charge in [-0.25, -0.2) is 4.98 Å². The van der Waals surface area contributed by atoms with Crippen molar-refractivity contribution in [2.45, 2.75) is 19.0 Å². The highest BCUT2D eigenvalue weighted by molar-refractivity contribution is 5.94. The molecule has 23 heavy (non-hydrogen) atoms. The van der Waals surface area contributed by atoms with Crippen molar-refractivity contribution < 1.29 is 18.3 Å². The SMILES string of the molecule is O=C1C[C@H](CNc2ccc(OC(F)F)cn2)c2ccccc2N1. The fraction of sp³-hybridized carbons (Fsp3) is 0.250. The van der Waals surface area contributed by atoms with Gasteiger partial charge in [-0.15, -0.1) is 0 Å². The average molecular weight is 319 g/mol. The molecule has 2 heterocycles. The predicted octanol–water partition coefficient (Wildman–Crippen LogP) is 3.22. The molecule has 2 N–H and O–H groups in total. The van der Waals surface area contributed by atoms with Crippen LogP contribution in [0.5, 0.6) is 5.75 Å². The van der Waals surface area contributed by atoms with E-state index in [0.29, 0.717) is 18.8 Å². The van der Waals surface area contributed by atoms with Crippen LogP contribution < -0.4 is 15.4 Å². The van der Waals surface area contributed by atoms with Crippen molar-refractivity contribution in [2.24, 2.45) is 0 Å². The van der Waals surface area contributed by atoms with Gasteiger partial charge in [0.05, 0.1) is 6.20 Å². The Labute approximate surface area is 131 Å². The van der Waals surface area contributed by atoms with E-state index in [9.17, 15) is 13.6 Å². The number of carbonyl (C=O) groups excluding carboxylic acids is 1. The smallest absolute Gasteiger partial charge is 0.387 e. The number of nitrogens with one attached hydrogen (secondary N) is 2. The lowest BCUT2D eigenvalue weighted by molar-refractivity contribution is -0.116. The van der Waals surface area contributed by atoms with Gasteiger partial charge in [-0.05, 0) is 23.8 Å². The maximum atomic E-state index is 12.1. The summed E-state index contributed by atoms with van der Waals surface area (Å²) >= 11 is 0. The Morgan fingerprint density at radius 1 is 1.30 bits per heavy atom. The fourth-order valence-corrected chi connectivity index (χ4v) is 2.57. The molecule has 1 aliphatic heterocycles. The highest BCUT2D eigenvalue weighted by Gasteiger charge is 2.24. The summed E-state index contributed by atoms with van der Waals surface area (Å²) in [5.41, 5.74) is 1.89. The zero-order valence-electron chi connectivity index (χ0n) is 12.1. The summed E-state index contributed by atoms with van der Waals surface area (Å²) < 4.78 is 28.4. The molecule has 0 saturated heterocycles. The lowest BCUT2D eigenvalue weighted by Crippen LogP contribution is -2.26. The van der Waals surface area contributed by atoms with E-state index in [1.165, 1.54) is 12.3 Å². The number of alkyl halides is 2. The minimum absolute atomic E-state index is 0.00735. The van der Waals surface area contributed by atoms with Crippen LogP contribution in [0, 0.1) is 0 Å². The zero-order chi connectivity index (χ0) is 16.2. The van der Waals surface area contributed by atoms with Gasteiger partial charge < -0.3 is 15.4 Å². The van der Waals surface area contributed by atoms with E-state index in [1.807, 2.05) is 24.3 Å². The molecule has 0 unspecified atom stereocenters. The first-order valence-electron chi connectivity index (χ1n) is 7.15. The number of benzene rings is 1. The van der Waals surface area contributed by atoms with Crippen molar-refractivity contribution in [3.05, 3.63) is 48.2 Å². The molecule has 1 aromatic carbocycles. The summed E-state index contributed by atoms with van der Waals surface area (Å²) in [6.07, 6.45) is 1.62. The van der Waals surface area contributed by atoms with Gasteiger partial charge in [-0.3, -0.25) is 4.79 Å². The first-order valence-corrected chi connectivity index (χ1v) is 7.15. The second-order valence-electron chi connectivity index (χ2n) is 5.18. The number of amides is 1. The van der Waals surface area contributed by atoms with Gasteiger partial charge in [-0.2, -0.15) is 8.78 Å². The second-order valence-corrected chi connectivity index (χ2v) is 5.18. The molecule has 3 rings (SSSR count). The summed E-state index contributed by atoms with van der Waals surface area (Å²) in [6, 6.07) is 10.6. The third-order valence-electron chi connectivity index (χ3n) is 3.60. The van der Waals surface area contributed by atoms with Crippen molar-refractivity contribution in [1.82, 2.24) is 4.98 Å². The molecule has 1 atom stereocenters. The van der Waals surface area contributed by atoms with Gasteiger partial charge in [-0.1, -0.05) is 18.2 Å². The summed E-state index contributed by atoms with van der Waals surface area (Å²) in [5.74, 6) is 0.547. The van der Waals surface area contributed by atoms with Gasteiger partial charge in [0.1, 0.15) is 11.6 Å². The molecule has 1 aliphatic rings. The van der Waals surface area contributed by atoms with Gasteiger partial charge in [0.2, 0.25) is 5.91 Å². The van der Waals surface area contributed by atoms with Gasteiger partial charge >= 0.3 is 6.61 Å². The Bertz CT molecular complexity index is 692. The van der Waals surface area contributed by atoms with Crippen LogP contribution in [-0.4, -0.2) is 24.0 Å². The van der Waals surface area contributed by atoms with E-state index in [1.54, 1.807) is 6.07 Å². The van der Waals surface area contributed by atoms with Crippen molar-refractivity contribution >= 4 is 17.4 Å². The summed E-state index contributed by atoms with van der Waals surface area (Å²) in [5, 5.41) is 5.97. The number of halogens is 2. The number of rotatable bonds is 5. The topological polar surface area (TPSA) is 63.2 Å². The Morgan fingerprint density at radius 3 is 2.87 bits per heavy atom. The van der Waals surface area contributed by atoms with Crippen LogP contribution in [0.25, 0.3) is 0 Å². The fourth-order valence-electron chi connectivity index (χ4n) is 2.57. The molecular formula is C16H15F2N3O2. The van der Waals surface area contributed by atoms with Gasteiger partial charge in [0.15, 0.2) is 0 Å². The number of para-hydroxylation sites is 1. The van der Waals surface area contributed by atoms with E-state index in [2.05, 4.69) is 20.4 Å². The van der Waals surface area contributed by atoms with E-state index in [0.717, 1.165) is 11.3 Å². The Hall–Kier alpha value is -2.70. The number of hydrogen-bond acceptors (Lipinski definition) is 4. The number of hydrogen-bond donors (Lipinski definition) is 2. The van der Waals surface area contributed by atoms with Crippen LogP contribution in [0.15, 0.2) is 42.6 Å². The molecule has 2 aromatic rings. The lowest BCUT2D eigenvalue weighted by atomic mass is 9.90. The van der Waals surface area contributed by atoms with Crippen LogP contribution in [-0.2, 0) is 4.79 Å². The average Bonchev–Trinajstić information content (AvgIpc) is 2.53. The molecule has 7 heteroatoms. The molecule has 0 aliphatic carbocycles. The number of carbonyl (C=O) groups is 1. The van der Waals surface area contributed by atoms with Crippen molar-refractivity contribution in [3.63, 3.8) is 0 Å². The molecule has 5 nitrogen and oxygen atoms in total. The maximum Gasteiger partial charge on any atom is 0.387 e. The number of fused-ring (bicyclic) bond motifs is 1. The number of aromatic nitrogens is 1. The van der Waals surface area contributed by atoms with Crippen LogP contribution >= 0.6 is 0 Å². The second kappa shape index (κ2) is 6.60. The van der Waals surface area contributed by atoms with E-state index in [4.69, 9.17) is 0 Å². The molecule has 120 valence electrons. The first kappa shape index (κ1) is 15.2. The Morgan fingerprint density at radius 2 is 2.13 bits per heavy atom. The minimum Gasteiger partial charge on any atom is -0.433 e. The molecule has 1 amide bonds. The number of nitrogens with zero attached hydrogens (tertiary/aromatic N) is 1. The number of ether oxygens (including phenoxy) is 1. The summed E-state index contributed by atoms with van der Waals surface area (Å²) in [7, 11) is 0. The molecule has 0 spiro atoms. The van der Waals surface area contributed by atoms with Crippen molar-refractivity contribution in [3.8, 4) is 5.75 Å². The van der Waals surface area contributed by atoms with Crippen LogP contribution in [0.2, 0.25) is 0 Å². The van der Waals surface area contributed by atoms with E-state index in [-0.39, 0.29) is 17.6 Å².